The minimum Gasteiger partial charge on any atom is -0.317 e. The van der Waals surface area contributed by atoms with Crippen molar-refractivity contribution < 1.29 is 8.42 Å². The Morgan fingerprint density at radius 2 is 1.85 bits per heavy atom. The number of piperidine rings is 1. The van der Waals surface area contributed by atoms with Crippen molar-refractivity contribution in [3.63, 3.8) is 0 Å². The van der Waals surface area contributed by atoms with Crippen LogP contribution in [0.15, 0.2) is 27.6 Å². The van der Waals surface area contributed by atoms with E-state index in [1.54, 1.807) is 19.2 Å². The second-order valence-electron chi connectivity index (χ2n) is 4.97. The number of sulfonamides is 1. The van der Waals surface area contributed by atoms with E-state index in [-0.39, 0.29) is 18.4 Å². The number of hydrogen-bond acceptors (Lipinski definition) is 3. The SMILES string of the molecule is Cc1cc(Br)cc(S(=O)(=O)N(C)C2CCNCC2)c1.Cl. The van der Waals surface area contributed by atoms with Crippen LogP contribution in [0.25, 0.3) is 0 Å². The first kappa shape index (κ1) is 17.9. The average molecular weight is 384 g/mol. The Morgan fingerprint density at radius 3 is 2.40 bits per heavy atom. The Hall–Kier alpha value is -0.140. The Bertz CT molecular complexity index is 539. The Labute approximate surface area is 135 Å². The molecule has 0 spiro atoms. The van der Waals surface area contributed by atoms with Gasteiger partial charge in [-0.05, 0) is 56.6 Å². The summed E-state index contributed by atoms with van der Waals surface area (Å²) in [5.41, 5.74) is 0.937. The lowest BCUT2D eigenvalue weighted by atomic mass is 10.1. The summed E-state index contributed by atoms with van der Waals surface area (Å²) in [4.78, 5) is 0.361. The molecule has 114 valence electrons. The molecule has 0 saturated carbocycles. The van der Waals surface area contributed by atoms with Gasteiger partial charge in [0.25, 0.3) is 0 Å². The lowest BCUT2D eigenvalue weighted by Gasteiger charge is -2.31. The predicted molar refractivity (Wildman–Crippen MR) is 87.0 cm³/mol. The van der Waals surface area contributed by atoms with Gasteiger partial charge < -0.3 is 5.32 Å². The number of halogens is 2. The fourth-order valence-electron chi connectivity index (χ4n) is 2.38. The average Bonchev–Trinajstić information content (AvgIpc) is 2.37. The van der Waals surface area contributed by atoms with E-state index in [1.807, 2.05) is 13.0 Å². The monoisotopic (exact) mass is 382 g/mol. The zero-order valence-electron chi connectivity index (χ0n) is 11.6. The number of hydrogen-bond donors (Lipinski definition) is 1. The second-order valence-corrected chi connectivity index (χ2v) is 7.88. The lowest BCUT2D eigenvalue weighted by Crippen LogP contribution is -2.43. The summed E-state index contributed by atoms with van der Waals surface area (Å²) in [5, 5.41) is 3.25. The van der Waals surface area contributed by atoms with Crippen molar-refractivity contribution in [1.82, 2.24) is 9.62 Å². The first-order valence-electron chi connectivity index (χ1n) is 6.37. The molecule has 1 saturated heterocycles. The summed E-state index contributed by atoms with van der Waals surface area (Å²) >= 11 is 3.36. The molecular formula is C13H20BrClN2O2S. The molecule has 1 heterocycles. The number of aryl methyl sites for hydroxylation is 1. The van der Waals surface area contributed by atoms with Gasteiger partial charge in [-0.25, -0.2) is 8.42 Å². The smallest absolute Gasteiger partial charge is 0.243 e. The highest BCUT2D eigenvalue weighted by Gasteiger charge is 2.29. The van der Waals surface area contributed by atoms with Crippen LogP contribution in [0.5, 0.6) is 0 Å². The molecule has 1 aliphatic heterocycles. The van der Waals surface area contributed by atoms with E-state index in [2.05, 4.69) is 21.2 Å². The van der Waals surface area contributed by atoms with Crippen LogP contribution in [0.3, 0.4) is 0 Å². The highest BCUT2D eigenvalue weighted by Crippen LogP contribution is 2.24. The second kappa shape index (κ2) is 7.22. The Kier molecular flexibility index (Phi) is 6.47. The van der Waals surface area contributed by atoms with Gasteiger partial charge >= 0.3 is 0 Å². The quantitative estimate of drug-likeness (QED) is 0.872. The number of nitrogens with zero attached hydrogens (tertiary/aromatic N) is 1. The van der Waals surface area contributed by atoms with E-state index in [9.17, 15) is 8.42 Å². The zero-order chi connectivity index (χ0) is 14.0. The van der Waals surface area contributed by atoms with Crippen LogP contribution < -0.4 is 5.32 Å². The van der Waals surface area contributed by atoms with Crippen LogP contribution in [0, 0.1) is 6.92 Å². The molecule has 0 aromatic heterocycles. The van der Waals surface area contributed by atoms with Gasteiger partial charge in [0, 0.05) is 17.6 Å². The molecule has 0 amide bonds. The van der Waals surface area contributed by atoms with Crippen LogP contribution in [0.4, 0.5) is 0 Å². The van der Waals surface area contributed by atoms with Gasteiger partial charge in [-0.1, -0.05) is 15.9 Å². The number of rotatable bonds is 3. The first-order valence-corrected chi connectivity index (χ1v) is 8.60. The van der Waals surface area contributed by atoms with Crippen LogP contribution >= 0.6 is 28.3 Å². The molecule has 1 aromatic rings. The van der Waals surface area contributed by atoms with Crippen LogP contribution in [-0.2, 0) is 10.0 Å². The topological polar surface area (TPSA) is 49.4 Å². The van der Waals surface area contributed by atoms with Crippen molar-refractivity contribution in [2.45, 2.75) is 30.7 Å². The van der Waals surface area contributed by atoms with Crippen LogP contribution in [-0.4, -0.2) is 38.9 Å². The normalized spacial score (nSPS) is 17.0. The predicted octanol–water partition coefficient (Wildman–Crippen LogP) is 2.55. The summed E-state index contributed by atoms with van der Waals surface area (Å²) in [6.45, 7) is 3.65. The fourth-order valence-corrected chi connectivity index (χ4v) is 4.69. The molecule has 1 aliphatic rings. The highest BCUT2D eigenvalue weighted by atomic mass is 79.9. The van der Waals surface area contributed by atoms with Crippen molar-refractivity contribution in [3.8, 4) is 0 Å². The Balaban J connectivity index is 0.00000200. The minimum atomic E-state index is -3.41. The number of nitrogens with one attached hydrogen (secondary N) is 1. The van der Waals surface area contributed by atoms with E-state index < -0.39 is 10.0 Å². The molecule has 2 rings (SSSR count). The third-order valence-electron chi connectivity index (χ3n) is 3.52. The Morgan fingerprint density at radius 1 is 1.25 bits per heavy atom. The van der Waals surface area contributed by atoms with Gasteiger partial charge in [-0.3, -0.25) is 0 Å². The molecule has 0 bridgehead atoms. The molecule has 0 aliphatic carbocycles. The van der Waals surface area contributed by atoms with Gasteiger partial charge in [0.15, 0.2) is 0 Å². The third-order valence-corrected chi connectivity index (χ3v) is 5.86. The van der Waals surface area contributed by atoms with Crippen LogP contribution in [0.1, 0.15) is 18.4 Å². The highest BCUT2D eigenvalue weighted by molar-refractivity contribution is 9.10. The molecule has 1 aromatic carbocycles. The number of benzene rings is 1. The van der Waals surface area contributed by atoms with E-state index >= 15 is 0 Å². The maximum Gasteiger partial charge on any atom is 0.243 e. The molecule has 20 heavy (non-hydrogen) atoms. The molecule has 0 unspecified atom stereocenters. The van der Waals surface area contributed by atoms with Gasteiger partial charge in [0.2, 0.25) is 10.0 Å². The van der Waals surface area contributed by atoms with E-state index in [4.69, 9.17) is 0 Å². The fraction of sp³-hybridized carbons (Fsp3) is 0.538. The maximum absolute atomic E-state index is 12.6. The van der Waals surface area contributed by atoms with E-state index in [1.165, 1.54) is 4.31 Å². The summed E-state index contributed by atoms with van der Waals surface area (Å²) in [5.74, 6) is 0. The zero-order valence-corrected chi connectivity index (χ0v) is 14.8. The summed E-state index contributed by atoms with van der Waals surface area (Å²) < 4.78 is 27.6. The lowest BCUT2D eigenvalue weighted by molar-refractivity contribution is 0.296. The molecule has 1 N–H and O–H groups in total. The van der Waals surface area contributed by atoms with Crippen molar-refractivity contribution in [1.29, 1.82) is 0 Å². The largest absolute Gasteiger partial charge is 0.317 e. The van der Waals surface area contributed by atoms with Crippen molar-refractivity contribution >= 4 is 38.4 Å². The van der Waals surface area contributed by atoms with E-state index in [0.29, 0.717) is 4.90 Å². The molecule has 1 fully saturated rings. The molecule has 4 nitrogen and oxygen atoms in total. The maximum atomic E-state index is 12.6. The molecular weight excluding hydrogens is 364 g/mol. The molecule has 0 atom stereocenters. The van der Waals surface area contributed by atoms with Crippen LogP contribution in [0.2, 0.25) is 0 Å². The van der Waals surface area contributed by atoms with Gasteiger partial charge in [0.05, 0.1) is 4.90 Å². The van der Waals surface area contributed by atoms with Gasteiger partial charge in [-0.15, -0.1) is 12.4 Å². The first-order chi connectivity index (χ1) is 8.91. The standard InChI is InChI=1S/C13H19BrN2O2S.ClH/c1-10-7-11(14)9-13(8-10)19(17,18)16(2)12-3-5-15-6-4-12;/h7-9,12,15H,3-6H2,1-2H3;1H. The third kappa shape index (κ3) is 3.95. The molecule has 7 heteroatoms. The van der Waals surface area contributed by atoms with Crippen molar-refractivity contribution in [2.24, 2.45) is 0 Å². The van der Waals surface area contributed by atoms with Crippen molar-refractivity contribution in [3.05, 3.63) is 28.2 Å². The molecule has 0 radical (unpaired) electrons. The minimum absolute atomic E-state index is 0. The van der Waals surface area contributed by atoms with Gasteiger partial charge in [-0.2, -0.15) is 4.31 Å². The summed E-state index contributed by atoms with van der Waals surface area (Å²) in [6, 6.07) is 5.38. The van der Waals surface area contributed by atoms with Crippen molar-refractivity contribution in [2.75, 3.05) is 20.1 Å². The van der Waals surface area contributed by atoms with E-state index in [0.717, 1.165) is 36.0 Å². The summed E-state index contributed by atoms with van der Waals surface area (Å²) in [6.07, 6.45) is 1.73. The van der Waals surface area contributed by atoms with Gasteiger partial charge in [0.1, 0.15) is 0 Å². The summed E-state index contributed by atoms with van der Waals surface area (Å²) in [7, 11) is -1.73.